The van der Waals surface area contributed by atoms with Crippen LogP contribution in [0.4, 0.5) is 0 Å². The lowest BCUT2D eigenvalue weighted by Crippen LogP contribution is -1.98. The molecule has 0 amide bonds. The van der Waals surface area contributed by atoms with Gasteiger partial charge in [-0.25, -0.2) is 4.79 Å². The largest absolute Gasteiger partial charge is 0.489 e. The van der Waals surface area contributed by atoms with E-state index < -0.39 is 0 Å². The van der Waals surface area contributed by atoms with Crippen LogP contribution in [0.15, 0.2) is 84.9 Å². The molecule has 0 fully saturated rings. The quantitative estimate of drug-likeness (QED) is 0.378. The van der Waals surface area contributed by atoms with Gasteiger partial charge < -0.3 is 14.2 Å². The van der Waals surface area contributed by atoms with Gasteiger partial charge in [0.1, 0.15) is 23.9 Å². The van der Waals surface area contributed by atoms with E-state index in [4.69, 9.17) is 14.2 Å². The Morgan fingerprint density at radius 2 is 1.61 bits per heavy atom. The lowest BCUT2D eigenvalue weighted by molar-refractivity contribution is -0.137. The van der Waals surface area contributed by atoms with Crippen molar-refractivity contribution in [2.45, 2.75) is 13.5 Å². The second-order valence-electron chi connectivity index (χ2n) is 6.01. The smallest absolute Gasteiger partial charge is 0.330 e. The third kappa shape index (κ3) is 6.02. The first-order chi connectivity index (χ1) is 13.7. The first-order valence-corrected chi connectivity index (χ1v) is 9.12. The Morgan fingerprint density at radius 1 is 0.857 bits per heavy atom. The van der Waals surface area contributed by atoms with Gasteiger partial charge in [0, 0.05) is 12.1 Å². The molecule has 0 heterocycles. The van der Waals surface area contributed by atoms with Crippen LogP contribution in [0.25, 0.3) is 6.08 Å². The summed E-state index contributed by atoms with van der Waals surface area (Å²) in [5, 5.41) is 0. The van der Waals surface area contributed by atoms with Gasteiger partial charge in [-0.1, -0.05) is 48.5 Å². The Labute approximate surface area is 165 Å². The molecule has 3 aromatic carbocycles. The molecule has 0 atom stereocenters. The summed E-state index contributed by atoms with van der Waals surface area (Å²) in [7, 11) is 0. The molecule has 0 bridgehead atoms. The SMILES string of the molecule is CCOC(=O)C=Cc1ccc(Oc2cccc(OCc3ccccc3)c2)cc1. The average molecular weight is 374 g/mol. The van der Waals surface area contributed by atoms with Gasteiger partial charge in [-0.3, -0.25) is 0 Å². The molecule has 0 spiro atoms. The van der Waals surface area contributed by atoms with E-state index in [9.17, 15) is 4.79 Å². The number of hydrogen-bond acceptors (Lipinski definition) is 4. The molecule has 0 aromatic heterocycles. The molecule has 142 valence electrons. The Balaban J connectivity index is 1.58. The van der Waals surface area contributed by atoms with Gasteiger partial charge in [0.05, 0.1) is 6.61 Å². The molecule has 4 heteroatoms. The molecular weight excluding hydrogens is 352 g/mol. The average Bonchev–Trinajstić information content (AvgIpc) is 2.73. The van der Waals surface area contributed by atoms with Crippen LogP contribution in [0.3, 0.4) is 0 Å². The van der Waals surface area contributed by atoms with E-state index in [1.54, 1.807) is 13.0 Å². The predicted octanol–water partition coefficient (Wildman–Crippen LogP) is 5.63. The van der Waals surface area contributed by atoms with Gasteiger partial charge in [0.2, 0.25) is 0 Å². The zero-order chi connectivity index (χ0) is 19.6. The molecule has 0 N–H and O–H groups in total. The first kappa shape index (κ1) is 19.2. The van der Waals surface area contributed by atoms with E-state index in [0.717, 1.165) is 16.9 Å². The van der Waals surface area contributed by atoms with Crippen LogP contribution in [-0.4, -0.2) is 12.6 Å². The van der Waals surface area contributed by atoms with Crippen LogP contribution in [0.2, 0.25) is 0 Å². The van der Waals surface area contributed by atoms with E-state index in [1.807, 2.05) is 78.9 Å². The summed E-state index contributed by atoms with van der Waals surface area (Å²) < 4.78 is 16.6. The Morgan fingerprint density at radius 3 is 2.36 bits per heavy atom. The fourth-order valence-electron chi connectivity index (χ4n) is 2.51. The molecule has 28 heavy (non-hydrogen) atoms. The number of carbonyl (C=O) groups is 1. The van der Waals surface area contributed by atoms with Gasteiger partial charge in [0.25, 0.3) is 0 Å². The van der Waals surface area contributed by atoms with Gasteiger partial charge in [-0.15, -0.1) is 0 Å². The van der Waals surface area contributed by atoms with E-state index in [1.165, 1.54) is 6.08 Å². The molecule has 4 nitrogen and oxygen atoms in total. The van der Waals surface area contributed by atoms with Crippen molar-refractivity contribution in [1.82, 2.24) is 0 Å². The monoisotopic (exact) mass is 374 g/mol. The van der Waals surface area contributed by atoms with Crippen molar-refractivity contribution in [3.8, 4) is 17.2 Å². The third-order valence-electron chi connectivity index (χ3n) is 3.87. The molecule has 0 aliphatic carbocycles. The normalized spacial score (nSPS) is 10.6. The Bertz CT molecular complexity index is 915. The van der Waals surface area contributed by atoms with Crippen molar-refractivity contribution in [2.75, 3.05) is 6.61 Å². The Kier molecular flexibility index (Phi) is 6.85. The maximum atomic E-state index is 11.4. The highest BCUT2D eigenvalue weighted by Crippen LogP contribution is 2.26. The van der Waals surface area contributed by atoms with E-state index in [0.29, 0.717) is 24.7 Å². The minimum Gasteiger partial charge on any atom is -0.489 e. The van der Waals surface area contributed by atoms with Crippen molar-refractivity contribution in [1.29, 1.82) is 0 Å². The van der Waals surface area contributed by atoms with Crippen molar-refractivity contribution in [3.05, 3.63) is 96.1 Å². The molecule has 3 rings (SSSR count). The zero-order valence-corrected chi connectivity index (χ0v) is 15.7. The molecule has 0 saturated carbocycles. The summed E-state index contributed by atoms with van der Waals surface area (Å²) in [4.78, 5) is 11.4. The van der Waals surface area contributed by atoms with E-state index in [-0.39, 0.29) is 5.97 Å². The molecular formula is C24H22O4. The number of ether oxygens (including phenoxy) is 3. The second-order valence-corrected chi connectivity index (χ2v) is 6.01. The topological polar surface area (TPSA) is 44.8 Å². The summed E-state index contributed by atoms with van der Waals surface area (Å²) in [5.74, 6) is 1.79. The Hall–Kier alpha value is -3.53. The second kappa shape index (κ2) is 9.97. The summed E-state index contributed by atoms with van der Waals surface area (Å²) in [5.41, 5.74) is 2.00. The van der Waals surface area contributed by atoms with Crippen molar-refractivity contribution in [2.24, 2.45) is 0 Å². The number of benzene rings is 3. The lowest BCUT2D eigenvalue weighted by atomic mass is 10.2. The van der Waals surface area contributed by atoms with Gasteiger partial charge >= 0.3 is 5.97 Å². The maximum Gasteiger partial charge on any atom is 0.330 e. The van der Waals surface area contributed by atoms with Crippen molar-refractivity contribution >= 4 is 12.0 Å². The standard InChI is InChI=1S/C24H22O4/c1-2-26-24(25)16-13-19-11-14-21(15-12-19)28-23-10-6-9-22(17-23)27-18-20-7-4-3-5-8-20/h3-17H,2,18H2,1H3. The fraction of sp³-hybridized carbons (Fsp3) is 0.125. The molecule has 0 unspecified atom stereocenters. The third-order valence-corrected chi connectivity index (χ3v) is 3.87. The summed E-state index contributed by atoms with van der Waals surface area (Å²) in [6, 6.07) is 25.0. The van der Waals surface area contributed by atoms with Gasteiger partial charge in [-0.05, 0) is 48.4 Å². The predicted molar refractivity (Wildman–Crippen MR) is 109 cm³/mol. The first-order valence-electron chi connectivity index (χ1n) is 9.12. The molecule has 0 aliphatic heterocycles. The molecule has 3 aromatic rings. The summed E-state index contributed by atoms with van der Waals surface area (Å²) in [6.45, 7) is 2.65. The van der Waals surface area contributed by atoms with Crippen LogP contribution in [0.5, 0.6) is 17.2 Å². The minimum atomic E-state index is -0.352. The van der Waals surface area contributed by atoms with Crippen LogP contribution in [-0.2, 0) is 16.1 Å². The minimum absolute atomic E-state index is 0.352. The highest BCUT2D eigenvalue weighted by Gasteiger charge is 2.01. The van der Waals surface area contributed by atoms with Crippen molar-refractivity contribution in [3.63, 3.8) is 0 Å². The summed E-state index contributed by atoms with van der Waals surface area (Å²) in [6.07, 6.45) is 3.12. The van der Waals surface area contributed by atoms with Crippen LogP contribution in [0.1, 0.15) is 18.1 Å². The number of rotatable bonds is 8. The lowest BCUT2D eigenvalue weighted by Gasteiger charge is -2.09. The van der Waals surface area contributed by atoms with Gasteiger partial charge in [0.15, 0.2) is 0 Å². The zero-order valence-electron chi connectivity index (χ0n) is 15.7. The molecule has 0 aliphatic rings. The van der Waals surface area contributed by atoms with Crippen LogP contribution in [0, 0.1) is 0 Å². The highest BCUT2D eigenvalue weighted by molar-refractivity contribution is 5.87. The highest BCUT2D eigenvalue weighted by atomic mass is 16.5. The van der Waals surface area contributed by atoms with E-state index >= 15 is 0 Å². The summed E-state index contributed by atoms with van der Waals surface area (Å²) >= 11 is 0. The fourth-order valence-corrected chi connectivity index (χ4v) is 2.51. The number of carbonyl (C=O) groups excluding carboxylic acids is 1. The molecule has 0 radical (unpaired) electrons. The molecule has 0 saturated heterocycles. The number of esters is 1. The van der Waals surface area contributed by atoms with Crippen LogP contribution < -0.4 is 9.47 Å². The number of hydrogen-bond donors (Lipinski definition) is 0. The van der Waals surface area contributed by atoms with Gasteiger partial charge in [-0.2, -0.15) is 0 Å². The maximum absolute atomic E-state index is 11.4. The van der Waals surface area contributed by atoms with Crippen molar-refractivity contribution < 1.29 is 19.0 Å². The van der Waals surface area contributed by atoms with E-state index in [2.05, 4.69) is 0 Å². The van der Waals surface area contributed by atoms with Crippen LogP contribution >= 0.6 is 0 Å².